The maximum absolute atomic E-state index is 6.16. The first kappa shape index (κ1) is 27.4. The van der Waals surface area contributed by atoms with Crippen LogP contribution in [0, 0.1) is 13.8 Å². The maximum atomic E-state index is 6.16. The van der Waals surface area contributed by atoms with Gasteiger partial charge in [0, 0.05) is 26.4 Å². The number of methoxy groups -OCH3 is 4. The molecule has 3 aromatic carbocycles. The summed E-state index contributed by atoms with van der Waals surface area (Å²) < 4.78 is 36.6. The number of hydrogen-bond donors (Lipinski definition) is 0. The quantitative estimate of drug-likeness (QED) is 0.234. The molecule has 36 heavy (non-hydrogen) atoms. The number of anilines is 2. The normalized spacial score (nSPS) is 11.2. The minimum Gasteiger partial charge on any atom is -0.497 e. The first-order chi connectivity index (χ1) is 17.3. The van der Waals surface area contributed by atoms with Crippen LogP contribution in [0.4, 0.5) is 11.4 Å². The SMILES string of the molecule is COCOc1c(C)cc(OC)cc1N(c1cc(OC)cc(C)c1OCOC)[Si](C)(C)c1ccccc1. The zero-order valence-corrected chi connectivity index (χ0v) is 23.5. The standard InChI is InChI=1S/C28H37NO6Si/c1-20-14-22(32-5)16-25(27(20)34-18-30-3)29(36(7,8)24-12-10-9-11-13-24)26-17-23(33-6)15-21(2)28(26)35-19-31-4/h9-17H,18-19H2,1-8H3. The molecule has 7 nitrogen and oxygen atoms in total. The second kappa shape index (κ2) is 12.2. The van der Waals surface area contributed by atoms with E-state index in [9.17, 15) is 0 Å². The van der Waals surface area contributed by atoms with E-state index in [1.165, 1.54) is 5.19 Å². The smallest absolute Gasteiger partial charge is 0.188 e. The highest BCUT2D eigenvalue weighted by Gasteiger charge is 2.38. The van der Waals surface area contributed by atoms with Crippen molar-refractivity contribution in [2.75, 3.05) is 46.6 Å². The van der Waals surface area contributed by atoms with Crippen LogP contribution in [0.25, 0.3) is 0 Å². The van der Waals surface area contributed by atoms with Crippen LogP contribution in [0.2, 0.25) is 13.1 Å². The molecule has 0 aliphatic carbocycles. The molecule has 0 radical (unpaired) electrons. The van der Waals surface area contributed by atoms with E-state index in [0.29, 0.717) is 11.5 Å². The molecule has 0 bridgehead atoms. The molecule has 3 rings (SSSR count). The Kier molecular flexibility index (Phi) is 9.25. The third-order valence-electron chi connectivity index (χ3n) is 6.09. The third kappa shape index (κ3) is 5.78. The molecule has 0 unspecified atom stereocenters. The van der Waals surface area contributed by atoms with Gasteiger partial charge in [0.1, 0.15) is 23.0 Å². The lowest BCUT2D eigenvalue weighted by Crippen LogP contribution is -2.56. The van der Waals surface area contributed by atoms with Gasteiger partial charge in [0.25, 0.3) is 0 Å². The summed E-state index contributed by atoms with van der Waals surface area (Å²) in [7, 11) is 4.09. The van der Waals surface area contributed by atoms with E-state index >= 15 is 0 Å². The summed E-state index contributed by atoms with van der Waals surface area (Å²) in [4.78, 5) is 0. The van der Waals surface area contributed by atoms with Crippen LogP contribution < -0.4 is 28.7 Å². The van der Waals surface area contributed by atoms with Crippen LogP contribution >= 0.6 is 0 Å². The van der Waals surface area contributed by atoms with Gasteiger partial charge in [0.05, 0.1) is 25.6 Å². The molecule has 0 aliphatic heterocycles. The van der Waals surface area contributed by atoms with Gasteiger partial charge in [-0.1, -0.05) is 30.3 Å². The number of benzene rings is 3. The van der Waals surface area contributed by atoms with Crippen LogP contribution in [-0.2, 0) is 9.47 Å². The monoisotopic (exact) mass is 511 g/mol. The fourth-order valence-corrected chi connectivity index (χ4v) is 7.14. The van der Waals surface area contributed by atoms with E-state index in [1.807, 2.05) is 44.2 Å². The van der Waals surface area contributed by atoms with Crippen molar-refractivity contribution in [2.24, 2.45) is 0 Å². The molecule has 8 heteroatoms. The Morgan fingerprint density at radius 3 is 1.50 bits per heavy atom. The molecule has 3 aromatic rings. The van der Waals surface area contributed by atoms with Crippen molar-refractivity contribution >= 4 is 24.8 Å². The van der Waals surface area contributed by atoms with Gasteiger partial charge in [-0.2, -0.15) is 0 Å². The number of hydrogen-bond acceptors (Lipinski definition) is 7. The first-order valence-electron chi connectivity index (χ1n) is 11.7. The summed E-state index contributed by atoms with van der Waals surface area (Å²) in [5.41, 5.74) is 3.59. The van der Waals surface area contributed by atoms with Gasteiger partial charge < -0.3 is 33.0 Å². The molecule has 0 aromatic heterocycles. The van der Waals surface area contributed by atoms with Gasteiger partial charge in [-0.3, -0.25) is 0 Å². The lowest BCUT2D eigenvalue weighted by atomic mass is 10.1. The first-order valence-corrected chi connectivity index (χ1v) is 14.7. The Balaban J connectivity index is 2.42. The molecule has 0 heterocycles. The van der Waals surface area contributed by atoms with Crippen LogP contribution in [-0.4, -0.2) is 50.3 Å². The zero-order chi connectivity index (χ0) is 26.3. The van der Waals surface area contributed by atoms with Gasteiger partial charge in [-0.15, -0.1) is 0 Å². The largest absolute Gasteiger partial charge is 0.497 e. The highest BCUT2D eigenvalue weighted by Crippen LogP contribution is 2.47. The van der Waals surface area contributed by atoms with Gasteiger partial charge in [0.15, 0.2) is 21.8 Å². The Labute approximate surface area is 215 Å². The van der Waals surface area contributed by atoms with Crippen molar-refractivity contribution in [3.8, 4) is 23.0 Å². The molecular weight excluding hydrogens is 474 g/mol. The Morgan fingerprint density at radius 1 is 0.667 bits per heavy atom. The van der Waals surface area contributed by atoms with Gasteiger partial charge in [-0.05, 0) is 55.4 Å². The molecule has 0 saturated heterocycles. The number of nitrogens with zero attached hydrogens (tertiary/aromatic N) is 1. The summed E-state index contributed by atoms with van der Waals surface area (Å²) in [6.07, 6.45) is 0. The van der Waals surface area contributed by atoms with Crippen molar-refractivity contribution in [3.63, 3.8) is 0 Å². The molecule has 0 fully saturated rings. The highest BCUT2D eigenvalue weighted by molar-refractivity contribution is 6.93. The van der Waals surface area contributed by atoms with Crippen molar-refractivity contribution in [2.45, 2.75) is 26.9 Å². The van der Waals surface area contributed by atoms with Crippen LogP contribution in [0.1, 0.15) is 11.1 Å². The fraction of sp³-hybridized carbons (Fsp3) is 0.357. The zero-order valence-electron chi connectivity index (χ0n) is 22.5. The van der Waals surface area contributed by atoms with Crippen molar-refractivity contribution in [1.29, 1.82) is 0 Å². The second-order valence-electron chi connectivity index (χ2n) is 8.95. The minimum atomic E-state index is -2.47. The molecule has 0 aliphatic rings. The van der Waals surface area contributed by atoms with Crippen molar-refractivity contribution < 1.29 is 28.4 Å². The lowest BCUT2D eigenvalue weighted by molar-refractivity contribution is 0.0506. The predicted molar refractivity (Wildman–Crippen MR) is 146 cm³/mol. The average Bonchev–Trinajstić information content (AvgIpc) is 2.87. The second-order valence-corrected chi connectivity index (χ2v) is 13.1. The van der Waals surface area contributed by atoms with E-state index in [0.717, 1.165) is 34.0 Å². The van der Waals surface area contributed by atoms with E-state index in [-0.39, 0.29) is 13.6 Å². The average molecular weight is 512 g/mol. The Hall–Kier alpha value is -3.20. The van der Waals surface area contributed by atoms with Crippen molar-refractivity contribution in [1.82, 2.24) is 0 Å². The van der Waals surface area contributed by atoms with Gasteiger partial charge >= 0.3 is 0 Å². The molecule has 194 valence electrons. The Morgan fingerprint density at radius 2 is 1.11 bits per heavy atom. The fourth-order valence-electron chi connectivity index (χ4n) is 4.33. The molecule has 0 spiro atoms. The minimum absolute atomic E-state index is 0.117. The van der Waals surface area contributed by atoms with Crippen molar-refractivity contribution in [3.05, 3.63) is 65.7 Å². The Bertz CT molecular complexity index is 1090. The molecule has 0 N–H and O–H groups in total. The van der Waals surface area contributed by atoms with Crippen LogP contribution in [0.5, 0.6) is 23.0 Å². The van der Waals surface area contributed by atoms with Crippen LogP contribution in [0.3, 0.4) is 0 Å². The van der Waals surface area contributed by atoms with E-state index in [1.54, 1.807) is 28.4 Å². The number of ether oxygens (including phenoxy) is 6. The molecule has 0 saturated carbocycles. The lowest BCUT2D eigenvalue weighted by Gasteiger charge is -2.41. The summed E-state index contributed by atoms with van der Waals surface area (Å²) in [5.74, 6) is 2.89. The molecule has 0 atom stereocenters. The summed E-state index contributed by atoms with van der Waals surface area (Å²) in [6, 6.07) is 18.4. The molecule has 0 amide bonds. The van der Waals surface area contributed by atoms with Gasteiger partial charge in [-0.25, -0.2) is 0 Å². The van der Waals surface area contributed by atoms with Gasteiger partial charge in [0.2, 0.25) is 0 Å². The summed E-state index contributed by atoms with van der Waals surface area (Å²) in [6.45, 7) is 8.84. The van der Waals surface area contributed by atoms with Crippen LogP contribution in [0.15, 0.2) is 54.6 Å². The topological polar surface area (TPSA) is 58.6 Å². The van der Waals surface area contributed by atoms with E-state index < -0.39 is 8.24 Å². The van der Waals surface area contributed by atoms with E-state index in [2.05, 4.69) is 41.9 Å². The summed E-state index contributed by atoms with van der Waals surface area (Å²) in [5, 5.41) is 1.24. The maximum Gasteiger partial charge on any atom is 0.188 e. The molecular formula is C28H37NO6Si. The van der Waals surface area contributed by atoms with E-state index in [4.69, 9.17) is 28.4 Å². The predicted octanol–water partition coefficient (Wildman–Crippen LogP) is 5.54. The number of aryl methyl sites for hydroxylation is 2. The third-order valence-corrected chi connectivity index (χ3v) is 9.44. The highest BCUT2D eigenvalue weighted by atomic mass is 28.3. The number of rotatable bonds is 12. The summed E-state index contributed by atoms with van der Waals surface area (Å²) >= 11 is 0.